The molecule has 0 heterocycles. The highest BCUT2D eigenvalue weighted by atomic mass is 19.3. The zero-order valence-corrected chi connectivity index (χ0v) is 8.10. The second-order valence-electron chi connectivity index (χ2n) is 3.79. The Balaban J connectivity index is 2.10. The van der Waals surface area contributed by atoms with Crippen LogP contribution in [-0.2, 0) is 0 Å². The van der Waals surface area contributed by atoms with Crippen LogP contribution in [0.3, 0.4) is 0 Å². The van der Waals surface area contributed by atoms with Gasteiger partial charge in [0.1, 0.15) is 0 Å². The summed E-state index contributed by atoms with van der Waals surface area (Å²) in [6.07, 6.45) is 7.13. The van der Waals surface area contributed by atoms with E-state index in [0.29, 0.717) is 0 Å². The lowest BCUT2D eigenvalue weighted by Crippen LogP contribution is -1.95. The highest BCUT2D eigenvalue weighted by molar-refractivity contribution is 4.94. The Morgan fingerprint density at radius 2 is 2.31 bits per heavy atom. The third-order valence-corrected chi connectivity index (χ3v) is 2.60. The molecule has 1 saturated carbocycles. The van der Waals surface area contributed by atoms with Crippen LogP contribution in [0.25, 0.3) is 0 Å². The number of hydrogen-bond donors (Lipinski definition) is 0. The molecule has 0 aromatic carbocycles. The van der Waals surface area contributed by atoms with Crippen LogP contribution in [-0.4, -0.2) is 0 Å². The first-order valence-electron chi connectivity index (χ1n) is 5.08. The summed E-state index contributed by atoms with van der Waals surface area (Å²) in [5.41, 5.74) is 0. The van der Waals surface area contributed by atoms with Gasteiger partial charge in [-0.3, -0.25) is 0 Å². The average Bonchev–Trinajstić information content (AvgIpc) is 2.85. The predicted octanol–water partition coefficient (Wildman–Crippen LogP) is 4.19. The molecule has 1 aliphatic rings. The largest absolute Gasteiger partial charge is 0.266 e. The van der Waals surface area contributed by atoms with Crippen molar-refractivity contribution in [2.24, 2.45) is 11.8 Å². The van der Waals surface area contributed by atoms with Crippen LogP contribution in [0.4, 0.5) is 8.78 Å². The molecule has 0 N–H and O–H groups in total. The van der Waals surface area contributed by atoms with Crippen molar-refractivity contribution in [1.29, 1.82) is 0 Å². The molecule has 0 bridgehead atoms. The monoisotopic (exact) mass is 187 g/mol. The Morgan fingerprint density at radius 3 is 2.77 bits per heavy atom. The van der Waals surface area contributed by atoms with Crippen LogP contribution in [0, 0.1) is 18.3 Å². The molecule has 1 fully saturated rings. The lowest BCUT2D eigenvalue weighted by atomic mass is 9.98. The molecule has 2 unspecified atom stereocenters. The zero-order chi connectivity index (χ0) is 9.68. The van der Waals surface area contributed by atoms with Crippen LogP contribution in [0.5, 0.6) is 0 Å². The zero-order valence-electron chi connectivity index (χ0n) is 8.10. The van der Waals surface area contributed by atoms with Gasteiger partial charge in [0, 0.05) is 0 Å². The summed E-state index contributed by atoms with van der Waals surface area (Å²) in [5, 5.41) is 0. The summed E-state index contributed by atoms with van der Waals surface area (Å²) in [6.45, 7) is 1.97. The minimum atomic E-state index is -1.52. The van der Waals surface area contributed by atoms with Crippen molar-refractivity contribution in [3.8, 4) is 0 Å². The Kier molecular flexibility index (Phi) is 4.40. The summed E-state index contributed by atoms with van der Waals surface area (Å²) >= 11 is 0. The van der Waals surface area contributed by atoms with E-state index in [1.807, 2.05) is 6.92 Å². The Bertz CT molecular complexity index is 167. The number of hydrogen-bond acceptors (Lipinski definition) is 0. The molecule has 0 aromatic heterocycles. The minimum absolute atomic E-state index is 0.0868. The molecule has 0 amide bonds. The summed E-state index contributed by atoms with van der Waals surface area (Å²) in [6, 6.07) is 0. The van der Waals surface area contributed by atoms with Crippen molar-refractivity contribution in [3.05, 3.63) is 18.6 Å². The van der Waals surface area contributed by atoms with E-state index in [9.17, 15) is 8.78 Å². The topological polar surface area (TPSA) is 0 Å². The molecule has 0 saturated heterocycles. The molecule has 75 valence electrons. The van der Waals surface area contributed by atoms with Crippen LogP contribution in [0.15, 0.2) is 12.2 Å². The van der Waals surface area contributed by atoms with Gasteiger partial charge in [0.2, 0.25) is 0 Å². The first-order chi connectivity index (χ1) is 6.22. The maximum atomic E-state index is 11.9. The fourth-order valence-corrected chi connectivity index (χ4v) is 1.56. The molecular weight excluding hydrogens is 170 g/mol. The molecule has 2 atom stereocenters. The number of allylic oxidation sites excluding steroid dienone is 1. The van der Waals surface area contributed by atoms with Gasteiger partial charge in [-0.05, 0) is 43.6 Å². The molecule has 2 heteroatoms. The van der Waals surface area contributed by atoms with Gasteiger partial charge in [-0.15, -0.1) is 0 Å². The first-order valence-corrected chi connectivity index (χ1v) is 5.08. The molecule has 1 radical (unpaired) electrons. The molecule has 1 aliphatic carbocycles. The van der Waals surface area contributed by atoms with Crippen molar-refractivity contribution < 1.29 is 8.78 Å². The molecule has 0 nitrogen and oxygen atoms in total. The van der Waals surface area contributed by atoms with E-state index in [1.165, 1.54) is 12.8 Å². The van der Waals surface area contributed by atoms with E-state index >= 15 is 0 Å². The molecule has 0 aliphatic heterocycles. The summed E-state index contributed by atoms with van der Waals surface area (Å²) in [4.78, 5) is 0. The van der Waals surface area contributed by atoms with Crippen LogP contribution >= 0.6 is 0 Å². The van der Waals surface area contributed by atoms with Crippen molar-refractivity contribution in [2.45, 2.75) is 39.0 Å². The Labute approximate surface area is 79.0 Å². The van der Waals surface area contributed by atoms with Gasteiger partial charge in [0.25, 0.3) is 6.08 Å². The summed E-state index contributed by atoms with van der Waals surface area (Å²) < 4.78 is 23.9. The second-order valence-corrected chi connectivity index (χ2v) is 3.79. The van der Waals surface area contributed by atoms with E-state index in [4.69, 9.17) is 0 Å². The van der Waals surface area contributed by atoms with E-state index in [-0.39, 0.29) is 5.92 Å². The molecule has 13 heavy (non-hydrogen) atoms. The van der Waals surface area contributed by atoms with Gasteiger partial charge >= 0.3 is 0 Å². The van der Waals surface area contributed by atoms with Crippen molar-refractivity contribution >= 4 is 0 Å². The van der Waals surface area contributed by atoms with Gasteiger partial charge < -0.3 is 0 Å². The fourth-order valence-electron chi connectivity index (χ4n) is 1.56. The van der Waals surface area contributed by atoms with Gasteiger partial charge in [-0.1, -0.05) is 19.8 Å². The quantitative estimate of drug-likeness (QED) is 0.585. The Morgan fingerprint density at radius 1 is 1.62 bits per heavy atom. The van der Waals surface area contributed by atoms with Crippen molar-refractivity contribution in [1.82, 2.24) is 0 Å². The van der Waals surface area contributed by atoms with Crippen molar-refractivity contribution in [3.63, 3.8) is 0 Å². The van der Waals surface area contributed by atoms with Gasteiger partial charge in [0.15, 0.2) is 0 Å². The standard InChI is InChI=1S/C11H17F2/c1-2-9(8-11(12)13)4-3-5-10-6-7-10/h6,8-10H,2-5,7H2,1H3. The summed E-state index contributed by atoms with van der Waals surface area (Å²) in [5.74, 6) is 0.889. The molecule has 0 aromatic rings. The summed E-state index contributed by atoms with van der Waals surface area (Å²) in [7, 11) is 0. The molecule has 1 rings (SSSR count). The highest BCUT2D eigenvalue weighted by Crippen LogP contribution is 2.33. The molecule has 0 spiro atoms. The van der Waals surface area contributed by atoms with Gasteiger partial charge in [0.05, 0.1) is 0 Å². The van der Waals surface area contributed by atoms with Crippen LogP contribution in [0.2, 0.25) is 0 Å². The number of rotatable bonds is 6. The Hall–Kier alpha value is -0.400. The lowest BCUT2D eigenvalue weighted by molar-refractivity contribution is 0.400. The minimum Gasteiger partial charge on any atom is -0.174 e. The van der Waals surface area contributed by atoms with Gasteiger partial charge in [-0.25, -0.2) is 0 Å². The maximum Gasteiger partial charge on any atom is 0.266 e. The number of halogens is 2. The van der Waals surface area contributed by atoms with E-state index < -0.39 is 6.08 Å². The fraction of sp³-hybridized carbons (Fsp3) is 0.727. The van der Waals surface area contributed by atoms with Crippen LogP contribution in [0.1, 0.15) is 39.0 Å². The smallest absolute Gasteiger partial charge is 0.174 e. The first kappa shape index (κ1) is 10.7. The maximum absolute atomic E-state index is 11.9. The van der Waals surface area contributed by atoms with Crippen molar-refractivity contribution in [2.75, 3.05) is 0 Å². The van der Waals surface area contributed by atoms with E-state index in [1.54, 1.807) is 0 Å². The van der Waals surface area contributed by atoms with Crippen LogP contribution < -0.4 is 0 Å². The SMILES string of the molecule is CCC(C=C(F)F)CCCC1[CH]C1. The lowest BCUT2D eigenvalue weighted by Gasteiger charge is -2.08. The third kappa shape index (κ3) is 5.02. The second kappa shape index (κ2) is 5.36. The highest BCUT2D eigenvalue weighted by Gasteiger charge is 2.21. The predicted molar refractivity (Wildman–Crippen MR) is 50.3 cm³/mol. The average molecular weight is 187 g/mol. The third-order valence-electron chi connectivity index (χ3n) is 2.60. The van der Waals surface area contributed by atoms with Gasteiger partial charge in [-0.2, -0.15) is 8.78 Å². The van der Waals surface area contributed by atoms with E-state index in [2.05, 4.69) is 6.42 Å². The van der Waals surface area contributed by atoms with E-state index in [0.717, 1.165) is 31.3 Å². The normalized spacial score (nSPS) is 18.4. The molecular formula is C11H17F2.